The SMILES string of the molecule is COc1cc(SCCc2ccccc2)c(OC)cc1CC(C)N.Cl. The van der Waals surface area contributed by atoms with Gasteiger partial charge in [0.1, 0.15) is 11.5 Å². The summed E-state index contributed by atoms with van der Waals surface area (Å²) in [6, 6.07) is 14.7. The second kappa shape index (κ2) is 10.5. The molecule has 0 aliphatic rings. The highest BCUT2D eigenvalue weighted by Crippen LogP contribution is 2.36. The molecule has 0 aliphatic heterocycles. The quantitative estimate of drug-likeness (QED) is 0.704. The van der Waals surface area contributed by atoms with Crippen molar-refractivity contribution in [2.45, 2.75) is 30.7 Å². The van der Waals surface area contributed by atoms with Gasteiger partial charge in [0.05, 0.1) is 19.1 Å². The van der Waals surface area contributed by atoms with Crippen LogP contribution in [0.1, 0.15) is 18.1 Å². The molecular formula is C19H26ClNO2S. The number of rotatable bonds is 8. The van der Waals surface area contributed by atoms with Gasteiger partial charge in [0.25, 0.3) is 0 Å². The number of aryl methyl sites for hydroxylation is 1. The van der Waals surface area contributed by atoms with E-state index in [4.69, 9.17) is 15.2 Å². The lowest BCUT2D eigenvalue weighted by atomic mass is 10.1. The van der Waals surface area contributed by atoms with Gasteiger partial charge in [-0.3, -0.25) is 0 Å². The van der Waals surface area contributed by atoms with Crippen LogP contribution in [0.15, 0.2) is 47.4 Å². The summed E-state index contributed by atoms with van der Waals surface area (Å²) in [6.45, 7) is 1.99. The zero-order valence-corrected chi connectivity index (χ0v) is 16.1. The first-order valence-electron chi connectivity index (χ1n) is 7.81. The van der Waals surface area contributed by atoms with Gasteiger partial charge in [0, 0.05) is 11.8 Å². The molecule has 2 N–H and O–H groups in total. The standard InChI is InChI=1S/C19H25NO2S.ClH/c1-14(20)11-16-12-18(22-3)19(13-17(16)21-2)23-10-9-15-7-5-4-6-8-15;/h4-8,12-14H,9-11,20H2,1-3H3;1H. The Morgan fingerprint density at radius 1 is 1.04 bits per heavy atom. The van der Waals surface area contributed by atoms with E-state index in [2.05, 4.69) is 30.3 Å². The maximum Gasteiger partial charge on any atom is 0.132 e. The van der Waals surface area contributed by atoms with Crippen LogP contribution in [0.25, 0.3) is 0 Å². The van der Waals surface area contributed by atoms with E-state index in [1.165, 1.54) is 5.56 Å². The van der Waals surface area contributed by atoms with E-state index in [1.54, 1.807) is 26.0 Å². The fraction of sp³-hybridized carbons (Fsp3) is 0.368. The molecule has 1 atom stereocenters. The van der Waals surface area contributed by atoms with Gasteiger partial charge < -0.3 is 15.2 Å². The van der Waals surface area contributed by atoms with Crippen molar-refractivity contribution < 1.29 is 9.47 Å². The summed E-state index contributed by atoms with van der Waals surface area (Å²) in [5.41, 5.74) is 8.36. The maximum absolute atomic E-state index is 5.92. The van der Waals surface area contributed by atoms with Crippen LogP contribution in [0.4, 0.5) is 0 Å². The predicted octanol–water partition coefficient (Wildman–Crippen LogP) is 4.35. The Bertz CT molecular complexity index is 620. The average Bonchev–Trinajstić information content (AvgIpc) is 2.56. The summed E-state index contributed by atoms with van der Waals surface area (Å²) in [6.07, 6.45) is 1.80. The first-order chi connectivity index (χ1) is 11.1. The lowest BCUT2D eigenvalue weighted by Gasteiger charge is -2.16. The topological polar surface area (TPSA) is 44.5 Å². The highest BCUT2D eigenvalue weighted by molar-refractivity contribution is 7.99. The molecule has 132 valence electrons. The first-order valence-corrected chi connectivity index (χ1v) is 8.79. The molecule has 0 spiro atoms. The number of benzene rings is 2. The molecular weight excluding hydrogens is 342 g/mol. The summed E-state index contributed by atoms with van der Waals surface area (Å²) in [7, 11) is 3.41. The summed E-state index contributed by atoms with van der Waals surface area (Å²) < 4.78 is 11.1. The summed E-state index contributed by atoms with van der Waals surface area (Å²) in [5.74, 6) is 2.76. The minimum atomic E-state index is 0. The van der Waals surface area contributed by atoms with Gasteiger partial charge in [-0.1, -0.05) is 30.3 Å². The second-order valence-corrected chi connectivity index (χ2v) is 6.72. The highest BCUT2D eigenvalue weighted by atomic mass is 35.5. The third-order valence-electron chi connectivity index (χ3n) is 3.60. The third kappa shape index (κ3) is 5.93. The van der Waals surface area contributed by atoms with Crippen molar-refractivity contribution in [2.24, 2.45) is 5.73 Å². The molecule has 2 aromatic rings. The van der Waals surface area contributed by atoms with E-state index in [9.17, 15) is 0 Å². The Balaban J connectivity index is 0.00000288. The van der Waals surface area contributed by atoms with Gasteiger partial charge in [-0.2, -0.15) is 0 Å². The molecule has 0 aliphatic carbocycles. The molecule has 0 saturated heterocycles. The van der Waals surface area contributed by atoms with Crippen LogP contribution in [0.5, 0.6) is 11.5 Å². The van der Waals surface area contributed by atoms with Gasteiger partial charge in [-0.25, -0.2) is 0 Å². The predicted molar refractivity (Wildman–Crippen MR) is 105 cm³/mol. The van der Waals surface area contributed by atoms with E-state index in [0.29, 0.717) is 0 Å². The lowest BCUT2D eigenvalue weighted by Crippen LogP contribution is -2.18. The zero-order valence-electron chi connectivity index (χ0n) is 14.5. The molecule has 0 amide bonds. The smallest absolute Gasteiger partial charge is 0.132 e. The molecule has 5 heteroatoms. The monoisotopic (exact) mass is 367 g/mol. The Labute approximate surface area is 155 Å². The largest absolute Gasteiger partial charge is 0.496 e. The van der Waals surface area contributed by atoms with Gasteiger partial charge in [-0.15, -0.1) is 24.2 Å². The normalized spacial score (nSPS) is 11.5. The van der Waals surface area contributed by atoms with E-state index in [-0.39, 0.29) is 18.4 Å². The zero-order chi connectivity index (χ0) is 16.7. The van der Waals surface area contributed by atoms with Crippen LogP contribution in [-0.4, -0.2) is 26.0 Å². The van der Waals surface area contributed by atoms with Crippen molar-refractivity contribution in [1.29, 1.82) is 0 Å². The lowest BCUT2D eigenvalue weighted by molar-refractivity contribution is 0.389. The molecule has 2 rings (SSSR count). The number of nitrogens with two attached hydrogens (primary N) is 1. The Kier molecular flexibility index (Phi) is 9.04. The molecule has 0 radical (unpaired) electrons. The summed E-state index contributed by atoms with van der Waals surface area (Å²) >= 11 is 1.79. The van der Waals surface area contributed by atoms with Crippen molar-refractivity contribution in [1.82, 2.24) is 0 Å². The van der Waals surface area contributed by atoms with E-state index >= 15 is 0 Å². The number of ether oxygens (including phenoxy) is 2. The van der Waals surface area contributed by atoms with E-state index in [0.717, 1.165) is 40.6 Å². The maximum atomic E-state index is 5.92. The van der Waals surface area contributed by atoms with E-state index < -0.39 is 0 Å². The van der Waals surface area contributed by atoms with Gasteiger partial charge in [-0.05, 0) is 43.0 Å². The number of halogens is 1. The first kappa shape index (κ1) is 20.7. The van der Waals surface area contributed by atoms with Crippen LogP contribution >= 0.6 is 24.2 Å². The van der Waals surface area contributed by atoms with Crippen LogP contribution < -0.4 is 15.2 Å². The number of methoxy groups -OCH3 is 2. The second-order valence-electron chi connectivity index (χ2n) is 5.58. The number of thioether (sulfide) groups is 1. The van der Waals surface area contributed by atoms with E-state index in [1.807, 2.05) is 19.1 Å². The molecule has 0 heterocycles. The van der Waals surface area contributed by atoms with Crippen molar-refractivity contribution in [3.8, 4) is 11.5 Å². The highest BCUT2D eigenvalue weighted by Gasteiger charge is 2.13. The molecule has 1 unspecified atom stereocenters. The Morgan fingerprint density at radius 3 is 2.29 bits per heavy atom. The van der Waals surface area contributed by atoms with Crippen molar-refractivity contribution in [2.75, 3.05) is 20.0 Å². The minimum absolute atomic E-state index is 0. The van der Waals surface area contributed by atoms with Crippen LogP contribution in [0.3, 0.4) is 0 Å². The average molecular weight is 368 g/mol. The Morgan fingerprint density at radius 2 is 1.71 bits per heavy atom. The molecule has 24 heavy (non-hydrogen) atoms. The summed E-state index contributed by atoms with van der Waals surface area (Å²) in [5, 5.41) is 0. The van der Waals surface area contributed by atoms with Gasteiger partial charge in [0.2, 0.25) is 0 Å². The molecule has 2 aromatic carbocycles. The van der Waals surface area contributed by atoms with Crippen LogP contribution in [0, 0.1) is 0 Å². The van der Waals surface area contributed by atoms with Gasteiger partial charge >= 0.3 is 0 Å². The third-order valence-corrected chi connectivity index (χ3v) is 4.64. The number of hydrogen-bond acceptors (Lipinski definition) is 4. The molecule has 0 aromatic heterocycles. The Hall–Kier alpha value is -1.36. The van der Waals surface area contributed by atoms with Crippen molar-refractivity contribution >= 4 is 24.2 Å². The number of hydrogen-bond donors (Lipinski definition) is 1. The van der Waals surface area contributed by atoms with Crippen molar-refractivity contribution in [3.05, 3.63) is 53.6 Å². The van der Waals surface area contributed by atoms with Crippen molar-refractivity contribution in [3.63, 3.8) is 0 Å². The molecule has 0 bridgehead atoms. The van der Waals surface area contributed by atoms with Crippen LogP contribution in [0.2, 0.25) is 0 Å². The molecule has 0 fully saturated rings. The molecule has 0 saturated carbocycles. The fourth-order valence-corrected chi connectivity index (χ4v) is 3.51. The van der Waals surface area contributed by atoms with Crippen LogP contribution in [-0.2, 0) is 12.8 Å². The summed E-state index contributed by atoms with van der Waals surface area (Å²) in [4.78, 5) is 1.11. The molecule has 3 nitrogen and oxygen atoms in total. The minimum Gasteiger partial charge on any atom is -0.496 e. The fourth-order valence-electron chi connectivity index (χ4n) is 2.48. The van der Waals surface area contributed by atoms with Gasteiger partial charge in [0.15, 0.2) is 0 Å².